The molecule has 0 aliphatic rings. The average molecular weight is 455 g/mol. The minimum atomic E-state index is 0.597. The number of thiazole rings is 1. The molecule has 0 radical (unpaired) electrons. The second-order valence-corrected chi connectivity index (χ2v) is 8.83. The van der Waals surface area contributed by atoms with Gasteiger partial charge in [-0.05, 0) is 56.3 Å². The Kier molecular flexibility index (Phi) is 6.17. The lowest BCUT2D eigenvalue weighted by Crippen LogP contribution is -2.21. The minimum absolute atomic E-state index is 0.597. The molecule has 0 saturated heterocycles. The van der Waals surface area contributed by atoms with Crippen LogP contribution in [0.5, 0.6) is 0 Å². The van der Waals surface area contributed by atoms with E-state index in [0.717, 1.165) is 62.6 Å². The maximum atomic E-state index is 6.41. The summed E-state index contributed by atoms with van der Waals surface area (Å²) in [6.45, 7) is 6.83. The largest absolute Gasteiger partial charge is 0.438 e. The van der Waals surface area contributed by atoms with Crippen LogP contribution >= 0.6 is 11.3 Å². The number of para-hydroxylation sites is 1. The fourth-order valence-corrected chi connectivity index (χ4v) is 4.94. The number of rotatable bonds is 7. The number of hydrogen-bond acceptors (Lipinski definition) is 6. The van der Waals surface area contributed by atoms with Crippen molar-refractivity contribution in [2.45, 2.75) is 20.3 Å². The summed E-state index contributed by atoms with van der Waals surface area (Å²) >= 11 is 1.67. The SMILES string of the molecule is CCN(CC)c1ccc2cc(-c3nc4ccccc4s3)c(=NCCc3ccccn3)oc2c1. The van der Waals surface area contributed by atoms with E-state index in [1.165, 1.54) is 0 Å². The highest BCUT2D eigenvalue weighted by atomic mass is 32.1. The summed E-state index contributed by atoms with van der Waals surface area (Å²) < 4.78 is 7.57. The number of pyridine rings is 1. The van der Waals surface area contributed by atoms with E-state index in [-0.39, 0.29) is 0 Å². The molecule has 6 heteroatoms. The first kappa shape index (κ1) is 21.3. The van der Waals surface area contributed by atoms with E-state index in [1.54, 1.807) is 11.3 Å². The highest BCUT2D eigenvalue weighted by Gasteiger charge is 2.13. The zero-order valence-corrected chi connectivity index (χ0v) is 19.7. The number of nitrogens with zero attached hydrogens (tertiary/aromatic N) is 4. The van der Waals surface area contributed by atoms with Gasteiger partial charge in [0.15, 0.2) is 0 Å². The van der Waals surface area contributed by atoms with Crippen molar-refractivity contribution in [1.29, 1.82) is 0 Å². The topological polar surface area (TPSA) is 54.5 Å². The summed E-state index contributed by atoms with van der Waals surface area (Å²) in [6, 6.07) is 22.7. The van der Waals surface area contributed by atoms with Crippen LogP contribution in [0.3, 0.4) is 0 Å². The third-order valence-corrected chi connectivity index (χ3v) is 6.81. The molecule has 0 amide bonds. The van der Waals surface area contributed by atoms with Crippen LogP contribution in [0.4, 0.5) is 5.69 Å². The molecule has 2 aromatic carbocycles. The van der Waals surface area contributed by atoms with Crippen molar-refractivity contribution in [2.75, 3.05) is 24.5 Å². The van der Waals surface area contributed by atoms with Crippen LogP contribution in [-0.4, -0.2) is 29.6 Å². The van der Waals surface area contributed by atoms with Gasteiger partial charge in [-0.25, -0.2) is 4.98 Å². The first-order valence-electron chi connectivity index (χ1n) is 11.3. The third-order valence-electron chi connectivity index (χ3n) is 5.74. The molecular formula is C27H26N4OS. The smallest absolute Gasteiger partial charge is 0.225 e. The van der Waals surface area contributed by atoms with E-state index >= 15 is 0 Å². The lowest BCUT2D eigenvalue weighted by atomic mass is 10.1. The number of hydrogen-bond donors (Lipinski definition) is 0. The maximum Gasteiger partial charge on any atom is 0.225 e. The molecule has 3 aromatic heterocycles. The summed E-state index contributed by atoms with van der Waals surface area (Å²) in [5.41, 5.74) is 5.56. The van der Waals surface area contributed by atoms with Crippen LogP contribution in [0.2, 0.25) is 0 Å². The van der Waals surface area contributed by atoms with E-state index in [4.69, 9.17) is 14.4 Å². The van der Waals surface area contributed by atoms with Crippen LogP contribution in [-0.2, 0) is 6.42 Å². The summed E-state index contributed by atoms with van der Waals surface area (Å²) in [5, 5.41) is 1.97. The first-order chi connectivity index (χ1) is 16.2. The van der Waals surface area contributed by atoms with Crippen molar-refractivity contribution in [1.82, 2.24) is 9.97 Å². The first-order valence-corrected chi connectivity index (χ1v) is 12.2. The predicted molar refractivity (Wildman–Crippen MR) is 137 cm³/mol. The molecule has 5 nitrogen and oxygen atoms in total. The van der Waals surface area contributed by atoms with E-state index in [2.05, 4.69) is 54.1 Å². The second kappa shape index (κ2) is 9.55. The third kappa shape index (κ3) is 4.52. The van der Waals surface area contributed by atoms with Crippen LogP contribution in [0, 0.1) is 0 Å². The van der Waals surface area contributed by atoms with E-state index in [1.807, 2.05) is 42.6 Å². The van der Waals surface area contributed by atoms with Crippen molar-refractivity contribution < 1.29 is 4.42 Å². The quantitative estimate of drug-likeness (QED) is 0.298. The Morgan fingerprint density at radius 3 is 2.61 bits per heavy atom. The molecular weight excluding hydrogens is 428 g/mol. The summed E-state index contributed by atoms with van der Waals surface area (Å²) in [5.74, 6) is 0. The lowest BCUT2D eigenvalue weighted by molar-refractivity contribution is 0.537. The normalized spacial score (nSPS) is 12.0. The van der Waals surface area contributed by atoms with Crippen molar-refractivity contribution in [3.8, 4) is 10.6 Å². The molecule has 3 heterocycles. The Bertz CT molecular complexity index is 1420. The van der Waals surface area contributed by atoms with Gasteiger partial charge in [-0.3, -0.25) is 9.98 Å². The van der Waals surface area contributed by atoms with Gasteiger partial charge in [0.1, 0.15) is 10.6 Å². The Balaban J connectivity index is 1.62. The molecule has 5 aromatic rings. The Morgan fingerprint density at radius 1 is 0.970 bits per heavy atom. The number of anilines is 1. The summed E-state index contributed by atoms with van der Waals surface area (Å²) in [7, 11) is 0. The molecule has 0 unspecified atom stereocenters. The molecule has 0 bridgehead atoms. The highest BCUT2D eigenvalue weighted by Crippen LogP contribution is 2.30. The summed E-state index contributed by atoms with van der Waals surface area (Å²) in [6.07, 6.45) is 2.57. The molecule has 166 valence electrons. The van der Waals surface area contributed by atoms with Gasteiger partial charge in [-0.15, -0.1) is 11.3 Å². The van der Waals surface area contributed by atoms with Crippen LogP contribution in [0.25, 0.3) is 31.8 Å². The molecule has 0 N–H and O–H groups in total. The van der Waals surface area contributed by atoms with Crippen LogP contribution in [0.15, 0.2) is 82.3 Å². The monoisotopic (exact) mass is 454 g/mol. The highest BCUT2D eigenvalue weighted by molar-refractivity contribution is 7.21. The van der Waals surface area contributed by atoms with Crippen molar-refractivity contribution in [2.24, 2.45) is 4.99 Å². The maximum absolute atomic E-state index is 6.41. The van der Waals surface area contributed by atoms with Crippen molar-refractivity contribution in [3.63, 3.8) is 0 Å². The fourth-order valence-electron chi connectivity index (χ4n) is 3.97. The van der Waals surface area contributed by atoms with E-state index in [9.17, 15) is 0 Å². The van der Waals surface area contributed by atoms with Gasteiger partial charge < -0.3 is 9.32 Å². The average Bonchev–Trinajstić information content (AvgIpc) is 3.29. The van der Waals surface area contributed by atoms with Gasteiger partial charge in [0.2, 0.25) is 5.55 Å². The van der Waals surface area contributed by atoms with Gasteiger partial charge in [0.25, 0.3) is 0 Å². The zero-order valence-electron chi connectivity index (χ0n) is 18.9. The van der Waals surface area contributed by atoms with Crippen molar-refractivity contribution >= 4 is 38.2 Å². The number of benzene rings is 2. The molecule has 0 aliphatic heterocycles. The van der Waals surface area contributed by atoms with Gasteiger partial charge in [-0.1, -0.05) is 18.2 Å². The molecule has 0 aliphatic carbocycles. The zero-order chi connectivity index (χ0) is 22.6. The molecule has 33 heavy (non-hydrogen) atoms. The number of aromatic nitrogens is 2. The van der Waals surface area contributed by atoms with Gasteiger partial charge in [0.05, 0.1) is 15.8 Å². The van der Waals surface area contributed by atoms with Gasteiger partial charge >= 0.3 is 0 Å². The fraction of sp³-hybridized carbons (Fsp3) is 0.222. The second-order valence-electron chi connectivity index (χ2n) is 7.80. The molecule has 0 saturated carbocycles. The number of fused-ring (bicyclic) bond motifs is 2. The van der Waals surface area contributed by atoms with Crippen molar-refractivity contribution in [3.05, 3.63) is 84.2 Å². The van der Waals surface area contributed by atoms with Gasteiger partial charge in [0, 0.05) is 55.1 Å². The van der Waals surface area contributed by atoms with E-state index < -0.39 is 0 Å². The van der Waals surface area contributed by atoms with Crippen LogP contribution < -0.4 is 10.5 Å². The minimum Gasteiger partial charge on any atom is -0.438 e. The molecule has 0 atom stereocenters. The Hall–Kier alpha value is -3.51. The lowest BCUT2D eigenvalue weighted by Gasteiger charge is -2.21. The Morgan fingerprint density at radius 2 is 1.82 bits per heavy atom. The molecule has 0 spiro atoms. The molecule has 0 fully saturated rings. The molecule has 5 rings (SSSR count). The van der Waals surface area contributed by atoms with E-state index in [0.29, 0.717) is 12.1 Å². The predicted octanol–water partition coefficient (Wildman–Crippen LogP) is 6.09. The van der Waals surface area contributed by atoms with Crippen LogP contribution in [0.1, 0.15) is 19.5 Å². The van der Waals surface area contributed by atoms with Gasteiger partial charge in [-0.2, -0.15) is 0 Å². The standard InChI is InChI=1S/C27H26N4OS/c1-3-31(4-2)21-13-12-19-17-22(27-30-23-10-5-6-11-25(23)33-27)26(32-24(19)18-21)29-16-14-20-9-7-8-15-28-20/h5-13,15,17-18H,3-4,14,16H2,1-2H3. The summed E-state index contributed by atoms with van der Waals surface area (Å²) in [4.78, 5) is 16.5. The Labute approximate surface area is 197 Å².